The molecule has 0 unspecified atom stereocenters. The summed E-state index contributed by atoms with van der Waals surface area (Å²) in [4.78, 5) is 2.15. The van der Waals surface area contributed by atoms with Crippen LogP contribution in [-0.4, -0.2) is 13.0 Å². The van der Waals surface area contributed by atoms with Crippen LogP contribution in [0.3, 0.4) is 0 Å². The second kappa shape index (κ2) is 3.30. The number of diazo groups is 1. The molecule has 0 radical (unpaired) electrons. The Balaban J connectivity index is 3.53. The molecule has 13 heavy (non-hydrogen) atoms. The Morgan fingerprint density at radius 2 is 2.08 bits per heavy atom. The van der Waals surface area contributed by atoms with E-state index in [4.69, 9.17) is 21.5 Å². The lowest BCUT2D eigenvalue weighted by atomic mass is 10.3. The molecule has 0 aliphatic carbocycles. The molecule has 0 saturated carbocycles. The topological polar surface area (TPSA) is 82.5 Å². The molecule has 68 valence electrons. The molecule has 0 heterocycles. The quantitative estimate of drug-likeness (QED) is 0.579. The van der Waals surface area contributed by atoms with Gasteiger partial charge in [0.25, 0.3) is 0 Å². The zero-order valence-corrected chi connectivity index (χ0v) is 7.75. The first-order valence-corrected chi connectivity index (χ1v) is 4.89. The third-order valence-electron chi connectivity index (χ3n) is 1.31. The predicted octanol–water partition coefficient (Wildman–Crippen LogP) is 2.07. The van der Waals surface area contributed by atoms with E-state index in [-0.39, 0.29) is 10.7 Å². The van der Waals surface area contributed by atoms with E-state index in [1.54, 1.807) is 0 Å². The number of halogens is 1. The van der Waals surface area contributed by atoms with E-state index in [9.17, 15) is 8.42 Å². The maximum atomic E-state index is 10.7. The summed E-state index contributed by atoms with van der Waals surface area (Å²) in [5.74, 6) is 0. The van der Waals surface area contributed by atoms with Gasteiger partial charge in [-0.25, -0.2) is 0 Å². The lowest BCUT2D eigenvalue weighted by Gasteiger charge is -1.92. The molecule has 0 spiro atoms. The Hall–Kier alpha value is -1.16. The molecule has 0 saturated heterocycles. The SMILES string of the molecule is N#[N+]c1ccc(Cl)cc1S(=O)(=O)O. The standard InChI is InChI=1S/C6H3ClN2O3S/c7-4-1-2-5(9-8)6(3-4)13(10,11)12/h1-3H/p+1. The Kier molecular flexibility index (Phi) is 2.52. The number of hydrogen-bond donors (Lipinski definition) is 1. The van der Waals surface area contributed by atoms with Gasteiger partial charge in [-0.1, -0.05) is 11.6 Å². The van der Waals surface area contributed by atoms with Crippen molar-refractivity contribution in [3.63, 3.8) is 0 Å². The van der Waals surface area contributed by atoms with Crippen LogP contribution in [0.2, 0.25) is 5.02 Å². The molecule has 7 heteroatoms. The first-order valence-electron chi connectivity index (χ1n) is 3.07. The predicted molar refractivity (Wildman–Crippen MR) is 46.0 cm³/mol. The second-order valence-electron chi connectivity index (χ2n) is 2.19. The van der Waals surface area contributed by atoms with Gasteiger partial charge >= 0.3 is 15.8 Å². The molecule has 0 bridgehead atoms. The average Bonchev–Trinajstić information content (AvgIpc) is 2.03. The smallest absolute Gasteiger partial charge is 0.282 e. The molecule has 0 fully saturated rings. The minimum absolute atomic E-state index is 0.125. The van der Waals surface area contributed by atoms with E-state index < -0.39 is 15.0 Å². The normalized spacial score (nSPS) is 10.8. The molecule has 0 amide bonds. The molecule has 0 atom stereocenters. The lowest BCUT2D eigenvalue weighted by molar-refractivity contribution is 0.483. The summed E-state index contributed by atoms with van der Waals surface area (Å²) in [7, 11) is -4.41. The van der Waals surface area contributed by atoms with E-state index in [1.165, 1.54) is 12.1 Å². The van der Waals surface area contributed by atoms with Crippen LogP contribution in [0.4, 0.5) is 5.69 Å². The summed E-state index contributed by atoms with van der Waals surface area (Å²) in [6.45, 7) is 0. The summed E-state index contributed by atoms with van der Waals surface area (Å²) in [5, 5.41) is 8.50. The Bertz CT molecular complexity index is 477. The fourth-order valence-corrected chi connectivity index (χ4v) is 1.66. The van der Waals surface area contributed by atoms with Crippen LogP contribution < -0.4 is 0 Å². The summed E-state index contributed by atoms with van der Waals surface area (Å²) in [6.07, 6.45) is 0. The van der Waals surface area contributed by atoms with Crippen LogP contribution in [0.15, 0.2) is 23.1 Å². The van der Waals surface area contributed by atoms with Crippen molar-refractivity contribution in [3.05, 3.63) is 28.2 Å². The van der Waals surface area contributed by atoms with Gasteiger partial charge in [-0.2, -0.15) is 8.42 Å². The molecule has 1 aromatic rings. The van der Waals surface area contributed by atoms with Gasteiger partial charge in [-0.05, 0) is 12.1 Å². The maximum absolute atomic E-state index is 10.7. The van der Waals surface area contributed by atoms with Crippen molar-refractivity contribution in [2.45, 2.75) is 4.90 Å². The number of nitrogens with zero attached hydrogens (tertiary/aromatic N) is 2. The lowest BCUT2D eigenvalue weighted by Crippen LogP contribution is -1.97. The molecule has 5 nitrogen and oxygen atoms in total. The maximum Gasteiger partial charge on any atom is 0.406 e. The molecule has 0 aromatic heterocycles. The molecular weight excluding hydrogens is 216 g/mol. The monoisotopic (exact) mass is 219 g/mol. The largest absolute Gasteiger partial charge is 0.406 e. The Labute approximate surface area is 79.3 Å². The minimum atomic E-state index is -4.41. The molecule has 0 aliphatic rings. The van der Waals surface area contributed by atoms with Crippen molar-refractivity contribution in [1.29, 1.82) is 5.39 Å². The molecule has 1 rings (SSSR count). The van der Waals surface area contributed by atoms with E-state index in [2.05, 4.69) is 4.98 Å². The summed E-state index contributed by atoms with van der Waals surface area (Å²) in [5.41, 5.74) is -0.257. The van der Waals surface area contributed by atoms with E-state index in [1.807, 2.05) is 0 Å². The van der Waals surface area contributed by atoms with Gasteiger partial charge in [0.1, 0.15) is 0 Å². The zero-order chi connectivity index (χ0) is 10.1. The van der Waals surface area contributed by atoms with Crippen molar-refractivity contribution in [1.82, 2.24) is 0 Å². The van der Waals surface area contributed by atoms with Crippen LogP contribution in [0, 0.1) is 5.39 Å². The van der Waals surface area contributed by atoms with Crippen LogP contribution in [0.5, 0.6) is 0 Å². The van der Waals surface area contributed by atoms with Crippen molar-refractivity contribution in [2.75, 3.05) is 0 Å². The van der Waals surface area contributed by atoms with Crippen LogP contribution in [0.25, 0.3) is 4.98 Å². The number of benzene rings is 1. The van der Waals surface area contributed by atoms with Gasteiger partial charge < -0.3 is 0 Å². The van der Waals surface area contributed by atoms with Crippen molar-refractivity contribution in [3.8, 4) is 0 Å². The molecule has 0 aliphatic heterocycles. The minimum Gasteiger partial charge on any atom is -0.282 e. The van der Waals surface area contributed by atoms with Gasteiger partial charge in [-0.3, -0.25) is 4.55 Å². The summed E-state index contributed by atoms with van der Waals surface area (Å²) in [6, 6.07) is 3.50. The zero-order valence-electron chi connectivity index (χ0n) is 6.18. The Morgan fingerprint density at radius 1 is 1.46 bits per heavy atom. The number of rotatable bonds is 1. The van der Waals surface area contributed by atoms with Crippen LogP contribution in [0.1, 0.15) is 0 Å². The first kappa shape index (κ1) is 9.92. The fraction of sp³-hybridized carbons (Fsp3) is 0. The van der Waals surface area contributed by atoms with E-state index in [0.29, 0.717) is 0 Å². The highest BCUT2D eigenvalue weighted by atomic mass is 35.5. The van der Waals surface area contributed by atoms with Crippen LogP contribution in [-0.2, 0) is 10.1 Å². The third kappa shape index (κ3) is 2.15. The van der Waals surface area contributed by atoms with E-state index >= 15 is 0 Å². The van der Waals surface area contributed by atoms with Gasteiger partial charge in [0.15, 0.2) is 9.87 Å². The molecular formula is C6H4ClN2O3S+. The first-order chi connectivity index (χ1) is 5.95. The highest BCUT2D eigenvalue weighted by molar-refractivity contribution is 7.86. The van der Waals surface area contributed by atoms with Crippen LogP contribution >= 0.6 is 11.6 Å². The van der Waals surface area contributed by atoms with Crippen molar-refractivity contribution in [2.24, 2.45) is 0 Å². The molecule has 1 N–H and O–H groups in total. The summed E-state index contributed by atoms with van der Waals surface area (Å²) >= 11 is 5.48. The average molecular weight is 220 g/mol. The highest BCUT2D eigenvalue weighted by Crippen LogP contribution is 2.26. The van der Waals surface area contributed by atoms with Crippen molar-refractivity contribution < 1.29 is 13.0 Å². The third-order valence-corrected chi connectivity index (χ3v) is 2.43. The number of hydrogen-bond acceptors (Lipinski definition) is 3. The Morgan fingerprint density at radius 3 is 2.54 bits per heavy atom. The van der Waals surface area contributed by atoms with E-state index in [0.717, 1.165) is 6.07 Å². The van der Waals surface area contributed by atoms with Gasteiger partial charge in [-0.15, -0.1) is 0 Å². The molecule has 1 aromatic carbocycles. The van der Waals surface area contributed by atoms with Gasteiger partial charge in [0, 0.05) is 11.1 Å². The van der Waals surface area contributed by atoms with Gasteiger partial charge in [0.05, 0.1) is 0 Å². The summed E-state index contributed by atoms with van der Waals surface area (Å²) < 4.78 is 30.0. The second-order valence-corrected chi connectivity index (χ2v) is 4.01. The highest BCUT2D eigenvalue weighted by Gasteiger charge is 2.24. The fourth-order valence-electron chi connectivity index (χ4n) is 0.777. The van der Waals surface area contributed by atoms with Crippen molar-refractivity contribution >= 4 is 27.4 Å². The van der Waals surface area contributed by atoms with Gasteiger partial charge in [0.2, 0.25) is 5.39 Å².